The molecule has 0 saturated carbocycles. The Morgan fingerprint density at radius 3 is 2.58 bits per heavy atom. The third kappa shape index (κ3) is 4.58. The number of hydrogen-bond acceptors (Lipinski definition) is 2. The van der Waals surface area contributed by atoms with Crippen molar-refractivity contribution in [3.63, 3.8) is 0 Å². The van der Waals surface area contributed by atoms with Crippen molar-refractivity contribution >= 4 is 35.6 Å². The van der Waals surface area contributed by atoms with Gasteiger partial charge < -0.3 is 11.1 Å². The van der Waals surface area contributed by atoms with Crippen molar-refractivity contribution in [1.29, 1.82) is 0 Å². The van der Waals surface area contributed by atoms with E-state index in [1.165, 1.54) is 5.56 Å². The largest absolute Gasteiger partial charge is 0.370 e. The summed E-state index contributed by atoms with van der Waals surface area (Å²) in [6.07, 6.45) is 3.67. The van der Waals surface area contributed by atoms with Crippen LogP contribution in [0.2, 0.25) is 0 Å². The number of guanidine groups is 1. The molecule has 24 heavy (non-hydrogen) atoms. The molecule has 3 aromatic rings. The summed E-state index contributed by atoms with van der Waals surface area (Å²) in [7, 11) is 0. The Labute approximate surface area is 158 Å². The van der Waals surface area contributed by atoms with Crippen LogP contribution >= 0.6 is 24.0 Å². The first-order chi connectivity index (χ1) is 11.2. The number of para-hydroxylation sites is 1. The van der Waals surface area contributed by atoms with Crippen molar-refractivity contribution in [3.05, 3.63) is 78.1 Å². The molecule has 0 saturated heterocycles. The first-order valence-electron chi connectivity index (χ1n) is 7.44. The topological polar surface area (TPSA) is 68.2 Å². The SMILES string of the molecule is Cc1ccc(NC(N)=NCc2ccccc2-n2cccn2)cc1.I. The lowest BCUT2D eigenvalue weighted by atomic mass is 10.2. The molecule has 0 bridgehead atoms. The van der Waals surface area contributed by atoms with Crippen LogP contribution in [0, 0.1) is 6.92 Å². The van der Waals surface area contributed by atoms with Gasteiger partial charge in [-0.1, -0.05) is 35.9 Å². The van der Waals surface area contributed by atoms with Crippen LogP contribution in [0.1, 0.15) is 11.1 Å². The van der Waals surface area contributed by atoms with Crippen molar-refractivity contribution in [1.82, 2.24) is 9.78 Å². The first-order valence-corrected chi connectivity index (χ1v) is 7.44. The van der Waals surface area contributed by atoms with E-state index in [0.717, 1.165) is 16.9 Å². The summed E-state index contributed by atoms with van der Waals surface area (Å²) < 4.78 is 1.83. The number of hydrogen-bond donors (Lipinski definition) is 2. The zero-order chi connectivity index (χ0) is 16.1. The van der Waals surface area contributed by atoms with Gasteiger partial charge in [-0.25, -0.2) is 9.67 Å². The highest BCUT2D eigenvalue weighted by Crippen LogP contribution is 2.14. The van der Waals surface area contributed by atoms with Crippen LogP contribution in [0.15, 0.2) is 72.0 Å². The predicted molar refractivity (Wildman–Crippen MR) is 109 cm³/mol. The van der Waals surface area contributed by atoms with Gasteiger partial charge in [-0.05, 0) is 36.8 Å². The van der Waals surface area contributed by atoms with E-state index in [2.05, 4.69) is 15.4 Å². The second-order valence-electron chi connectivity index (χ2n) is 5.27. The Balaban J connectivity index is 0.00000208. The molecule has 0 aliphatic heterocycles. The van der Waals surface area contributed by atoms with Gasteiger partial charge in [-0.2, -0.15) is 5.10 Å². The minimum absolute atomic E-state index is 0. The molecule has 0 spiro atoms. The zero-order valence-corrected chi connectivity index (χ0v) is 15.7. The third-order valence-corrected chi connectivity index (χ3v) is 3.49. The average molecular weight is 433 g/mol. The highest BCUT2D eigenvalue weighted by Gasteiger charge is 2.04. The molecule has 0 atom stereocenters. The van der Waals surface area contributed by atoms with Crippen molar-refractivity contribution in [2.75, 3.05) is 5.32 Å². The minimum Gasteiger partial charge on any atom is -0.370 e. The van der Waals surface area contributed by atoms with E-state index in [9.17, 15) is 0 Å². The Morgan fingerprint density at radius 2 is 1.88 bits per heavy atom. The molecule has 0 radical (unpaired) electrons. The molecule has 2 aromatic carbocycles. The van der Waals surface area contributed by atoms with Gasteiger partial charge in [-0.3, -0.25) is 0 Å². The summed E-state index contributed by atoms with van der Waals surface area (Å²) in [5.74, 6) is 0.393. The van der Waals surface area contributed by atoms with Gasteiger partial charge in [0, 0.05) is 18.1 Å². The number of nitrogens with two attached hydrogens (primary N) is 1. The highest BCUT2D eigenvalue weighted by atomic mass is 127. The van der Waals surface area contributed by atoms with Crippen molar-refractivity contribution in [2.24, 2.45) is 10.7 Å². The Hall–Kier alpha value is -2.35. The van der Waals surface area contributed by atoms with E-state index in [-0.39, 0.29) is 24.0 Å². The number of aromatic nitrogens is 2. The van der Waals surface area contributed by atoms with Gasteiger partial charge in [0.05, 0.1) is 12.2 Å². The number of aliphatic imine (C=N–C) groups is 1. The summed E-state index contributed by atoms with van der Waals surface area (Å²) in [6.45, 7) is 2.54. The van der Waals surface area contributed by atoms with Gasteiger partial charge in [0.15, 0.2) is 5.96 Å². The lowest BCUT2D eigenvalue weighted by molar-refractivity contribution is 0.858. The van der Waals surface area contributed by atoms with Crippen LogP contribution in [-0.2, 0) is 6.54 Å². The normalized spacial score (nSPS) is 11.0. The lowest BCUT2D eigenvalue weighted by Gasteiger charge is -2.09. The standard InChI is InChI=1S/C18H19N5.HI/c1-14-7-9-16(10-8-14)22-18(19)20-13-15-5-2-3-6-17(15)23-12-4-11-21-23;/h2-12H,13H2,1H3,(H3,19,20,22);1H. The number of rotatable bonds is 4. The number of halogens is 1. The van der Waals surface area contributed by atoms with E-state index in [0.29, 0.717) is 12.5 Å². The maximum atomic E-state index is 5.98. The Morgan fingerprint density at radius 1 is 1.12 bits per heavy atom. The number of benzene rings is 2. The van der Waals surface area contributed by atoms with Gasteiger partial charge in [0.1, 0.15) is 0 Å². The summed E-state index contributed by atoms with van der Waals surface area (Å²) in [4.78, 5) is 4.42. The average Bonchev–Trinajstić information content (AvgIpc) is 3.10. The third-order valence-electron chi connectivity index (χ3n) is 3.49. The minimum atomic E-state index is 0. The van der Waals surface area contributed by atoms with Crippen molar-refractivity contribution in [3.8, 4) is 5.69 Å². The fourth-order valence-corrected chi connectivity index (χ4v) is 2.27. The van der Waals surface area contributed by atoms with Gasteiger partial charge >= 0.3 is 0 Å². The molecule has 0 unspecified atom stereocenters. The molecular weight excluding hydrogens is 413 g/mol. The fraction of sp³-hybridized carbons (Fsp3) is 0.111. The van der Waals surface area contributed by atoms with Gasteiger partial charge in [0.25, 0.3) is 0 Å². The second-order valence-corrected chi connectivity index (χ2v) is 5.27. The summed E-state index contributed by atoms with van der Waals surface area (Å²) in [5.41, 5.74) is 10.2. The van der Waals surface area contributed by atoms with E-state index < -0.39 is 0 Å². The number of aryl methyl sites for hydroxylation is 1. The smallest absolute Gasteiger partial charge is 0.193 e. The van der Waals surface area contributed by atoms with E-state index in [1.54, 1.807) is 6.20 Å². The molecule has 6 heteroatoms. The summed E-state index contributed by atoms with van der Waals surface area (Å²) in [5, 5.41) is 7.37. The number of nitrogens with zero attached hydrogens (tertiary/aromatic N) is 3. The molecule has 0 aliphatic carbocycles. The first kappa shape index (κ1) is 18.0. The predicted octanol–water partition coefficient (Wildman–Crippen LogP) is 3.73. The van der Waals surface area contributed by atoms with E-state index in [4.69, 9.17) is 5.73 Å². The maximum absolute atomic E-state index is 5.98. The molecule has 0 fully saturated rings. The van der Waals surface area contributed by atoms with Gasteiger partial charge in [-0.15, -0.1) is 24.0 Å². The second kappa shape index (κ2) is 8.49. The molecule has 1 aromatic heterocycles. The van der Waals surface area contributed by atoms with E-state index in [1.807, 2.05) is 72.4 Å². The van der Waals surface area contributed by atoms with Crippen LogP contribution in [0.4, 0.5) is 5.69 Å². The lowest BCUT2D eigenvalue weighted by Crippen LogP contribution is -2.22. The molecular formula is C18H20IN5. The summed E-state index contributed by atoms with van der Waals surface area (Å²) in [6, 6.07) is 17.9. The molecule has 3 N–H and O–H groups in total. The van der Waals surface area contributed by atoms with Crippen LogP contribution < -0.4 is 11.1 Å². The molecule has 0 amide bonds. The molecule has 124 valence electrons. The van der Waals surface area contributed by atoms with E-state index >= 15 is 0 Å². The highest BCUT2D eigenvalue weighted by molar-refractivity contribution is 14.0. The van der Waals surface area contributed by atoms with Crippen molar-refractivity contribution < 1.29 is 0 Å². The van der Waals surface area contributed by atoms with Gasteiger partial charge in [0.2, 0.25) is 0 Å². The number of nitrogens with one attached hydrogen (secondary N) is 1. The van der Waals surface area contributed by atoms with Crippen LogP contribution in [0.25, 0.3) is 5.69 Å². The summed E-state index contributed by atoms with van der Waals surface area (Å²) >= 11 is 0. The fourth-order valence-electron chi connectivity index (χ4n) is 2.27. The molecule has 0 aliphatic rings. The van der Waals surface area contributed by atoms with Crippen molar-refractivity contribution in [2.45, 2.75) is 13.5 Å². The Bertz CT molecular complexity index is 795. The molecule has 3 rings (SSSR count). The molecule has 5 nitrogen and oxygen atoms in total. The Kier molecular flexibility index (Phi) is 6.36. The quantitative estimate of drug-likeness (QED) is 0.375. The van der Waals surface area contributed by atoms with Crippen LogP contribution in [0.5, 0.6) is 0 Å². The molecule has 1 heterocycles. The number of anilines is 1. The monoisotopic (exact) mass is 433 g/mol. The van der Waals surface area contributed by atoms with Crippen LogP contribution in [-0.4, -0.2) is 15.7 Å². The van der Waals surface area contributed by atoms with Crippen LogP contribution in [0.3, 0.4) is 0 Å². The maximum Gasteiger partial charge on any atom is 0.193 e. The zero-order valence-electron chi connectivity index (χ0n) is 13.4.